The van der Waals surface area contributed by atoms with Gasteiger partial charge in [0, 0.05) is 16.8 Å². The van der Waals surface area contributed by atoms with Crippen LogP contribution in [0.4, 0.5) is 0 Å². The minimum absolute atomic E-state index is 0.180. The molecule has 0 N–H and O–H groups in total. The van der Waals surface area contributed by atoms with Gasteiger partial charge in [0.05, 0.1) is 0 Å². The van der Waals surface area contributed by atoms with Crippen molar-refractivity contribution in [2.45, 2.75) is 59.3 Å². The summed E-state index contributed by atoms with van der Waals surface area (Å²) in [5.41, 5.74) is 4.64. The average molecular weight is 282 g/mol. The Morgan fingerprint density at radius 3 is 1.57 bits per heavy atom. The second-order valence-electron chi connectivity index (χ2n) is 7.43. The highest BCUT2D eigenvalue weighted by Gasteiger charge is 2.27. The van der Waals surface area contributed by atoms with E-state index in [2.05, 4.69) is 68.9 Å². The lowest BCUT2D eigenvalue weighted by Crippen LogP contribution is -2.23. The van der Waals surface area contributed by atoms with Gasteiger partial charge in [-0.3, -0.25) is 0 Å². The van der Waals surface area contributed by atoms with Crippen LogP contribution < -0.4 is 0 Å². The molecule has 0 saturated heterocycles. The zero-order chi connectivity index (χ0) is 15.8. The molecule has 2 aromatic rings. The van der Waals surface area contributed by atoms with Crippen molar-refractivity contribution in [2.24, 2.45) is 0 Å². The molecule has 0 aliphatic rings. The van der Waals surface area contributed by atoms with Crippen LogP contribution >= 0.6 is 0 Å². The Labute approximate surface area is 128 Å². The fourth-order valence-corrected chi connectivity index (χ4v) is 2.52. The third kappa shape index (κ3) is 3.31. The summed E-state index contributed by atoms with van der Waals surface area (Å²) >= 11 is 0. The first-order valence-electron chi connectivity index (χ1n) is 7.54. The fourth-order valence-electron chi connectivity index (χ4n) is 2.52. The monoisotopic (exact) mass is 282 g/mol. The quantitative estimate of drug-likeness (QED) is 0.796. The summed E-state index contributed by atoms with van der Waals surface area (Å²) in [4.78, 5) is 9.28. The van der Waals surface area contributed by atoms with E-state index in [1.54, 1.807) is 0 Å². The largest absolute Gasteiger partial charge is 0.237 e. The van der Waals surface area contributed by atoms with Crippen molar-refractivity contribution in [1.29, 1.82) is 0 Å². The lowest BCUT2D eigenvalue weighted by atomic mass is 9.80. The van der Waals surface area contributed by atoms with Gasteiger partial charge < -0.3 is 0 Å². The molecule has 0 fully saturated rings. The summed E-state index contributed by atoms with van der Waals surface area (Å²) in [5.74, 6) is 0.892. The van der Waals surface area contributed by atoms with Crippen molar-refractivity contribution in [1.82, 2.24) is 9.97 Å². The van der Waals surface area contributed by atoms with E-state index < -0.39 is 0 Å². The van der Waals surface area contributed by atoms with Gasteiger partial charge in [0.15, 0.2) is 0 Å². The van der Waals surface area contributed by atoms with E-state index in [0.717, 1.165) is 17.2 Å². The SMILES string of the molecule is Cc1cc(C)nc(C(C)(C)c2ccc(C(C)(C)C)cc2)n1. The Kier molecular flexibility index (Phi) is 3.92. The number of hydrogen-bond donors (Lipinski definition) is 0. The maximum Gasteiger partial charge on any atom is 0.138 e. The van der Waals surface area contributed by atoms with Gasteiger partial charge in [-0.15, -0.1) is 0 Å². The number of rotatable bonds is 2. The fraction of sp³-hybridized carbons (Fsp3) is 0.474. The highest BCUT2D eigenvalue weighted by atomic mass is 14.9. The topological polar surface area (TPSA) is 25.8 Å². The second kappa shape index (κ2) is 5.25. The van der Waals surface area contributed by atoms with Crippen LogP contribution in [0.5, 0.6) is 0 Å². The maximum absolute atomic E-state index is 4.64. The molecule has 2 heteroatoms. The van der Waals surface area contributed by atoms with Gasteiger partial charge >= 0.3 is 0 Å². The van der Waals surface area contributed by atoms with Crippen molar-refractivity contribution in [3.8, 4) is 0 Å². The molecule has 0 unspecified atom stereocenters. The van der Waals surface area contributed by atoms with Crippen molar-refractivity contribution in [3.05, 3.63) is 58.7 Å². The van der Waals surface area contributed by atoms with E-state index in [1.165, 1.54) is 11.1 Å². The standard InChI is InChI=1S/C19H26N2/c1-13-12-14(2)21-17(20-13)19(6,7)16-10-8-15(9-11-16)18(3,4)5/h8-12H,1-7H3. The summed E-state index contributed by atoms with van der Waals surface area (Å²) in [7, 11) is 0. The molecule has 21 heavy (non-hydrogen) atoms. The molecule has 0 bridgehead atoms. The first-order chi connectivity index (χ1) is 9.60. The number of aromatic nitrogens is 2. The van der Waals surface area contributed by atoms with Crippen LogP contribution in [0.25, 0.3) is 0 Å². The summed E-state index contributed by atoms with van der Waals surface area (Å²) < 4.78 is 0. The van der Waals surface area contributed by atoms with E-state index in [9.17, 15) is 0 Å². The van der Waals surface area contributed by atoms with Crippen molar-refractivity contribution in [3.63, 3.8) is 0 Å². The Morgan fingerprint density at radius 1 is 0.714 bits per heavy atom. The third-order valence-electron chi connectivity index (χ3n) is 4.01. The zero-order valence-electron chi connectivity index (χ0n) is 14.3. The molecule has 0 spiro atoms. The van der Waals surface area contributed by atoms with E-state index >= 15 is 0 Å². The van der Waals surface area contributed by atoms with Crippen LogP contribution in [0.3, 0.4) is 0 Å². The molecule has 0 amide bonds. The van der Waals surface area contributed by atoms with Gasteiger partial charge in [-0.2, -0.15) is 0 Å². The summed E-state index contributed by atoms with van der Waals surface area (Å²) in [6.45, 7) is 15.1. The molecule has 112 valence electrons. The molecular weight excluding hydrogens is 256 g/mol. The van der Waals surface area contributed by atoms with Gasteiger partial charge in [0.25, 0.3) is 0 Å². The molecule has 1 heterocycles. The van der Waals surface area contributed by atoms with Gasteiger partial charge in [-0.1, -0.05) is 45.0 Å². The van der Waals surface area contributed by atoms with Crippen LogP contribution in [0.15, 0.2) is 30.3 Å². The van der Waals surface area contributed by atoms with Crippen LogP contribution in [0, 0.1) is 13.8 Å². The third-order valence-corrected chi connectivity index (χ3v) is 4.01. The minimum atomic E-state index is -0.187. The normalized spacial score (nSPS) is 12.5. The first-order valence-corrected chi connectivity index (χ1v) is 7.54. The number of hydrogen-bond acceptors (Lipinski definition) is 2. The molecule has 0 radical (unpaired) electrons. The average Bonchev–Trinajstić information content (AvgIpc) is 2.36. The van der Waals surface area contributed by atoms with E-state index in [1.807, 2.05) is 19.9 Å². The first kappa shape index (κ1) is 15.7. The smallest absolute Gasteiger partial charge is 0.138 e. The molecule has 0 atom stereocenters. The Hall–Kier alpha value is -1.70. The minimum Gasteiger partial charge on any atom is -0.237 e. The van der Waals surface area contributed by atoms with Crippen LogP contribution in [-0.2, 0) is 10.8 Å². The highest BCUT2D eigenvalue weighted by Crippen LogP contribution is 2.31. The van der Waals surface area contributed by atoms with Gasteiger partial charge in [0.1, 0.15) is 5.82 Å². The number of nitrogens with zero attached hydrogens (tertiary/aromatic N) is 2. The Bertz CT molecular complexity index is 611. The van der Waals surface area contributed by atoms with Crippen molar-refractivity contribution in [2.75, 3.05) is 0 Å². The van der Waals surface area contributed by atoms with E-state index in [0.29, 0.717) is 0 Å². The molecule has 1 aromatic heterocycles. The van der Waals surface area contributed by atoms with E-state index in [4.69, 9.17) is 0 Å². The second-order valence-corrected chi connectivity index (χ2v) is 7.43. The lowest BCUT2D eigenvalue weighted by molar-refractivity contribution is 0.574. The molecule has 2 nitrogen and oxygen atoms in total. The Balaban J connectivity index is 2.43. The molecule has 2 rings (SSSR count). The molecule has 0 aliphatic heterocycles. The Morgan fingerprint density at radius 2 is 1.14 bits per heavy atom. The highest BCUT2D eigenvalue weighted by molar-refractivity contribution is 5.35. The molecule has 0 saturated carbocycles. The van der Waals surface area contributed by atoms with Crippen LogP contribution in [0.1, 0.15) is 63.0 Å². The molecule has 0 aliphatic carbocycles. The van der Waals surface area contributed by atoms with Crippen molar-refractivity contribution < 1.29 is 0 Å². The number of aryl methyl sites for hydroxylation is 2. The molecular formula is C19H26N2. The molecule has 1 aromatic carbocycles. The van der Waals surface area contributed by atoms with Crippen LogP contribution in [-0.4, -0.2) is 9.97 Å². The predicted octanol–water partition coefficient (Wildman–Crippen LogP) is 4.72. The summed E-state index contributed by atoms with van der Waals surface area (Å²) in [6.07, 6.45) is 0. The summed E-state index contributed by atoms with van der Waals surface area (Å²) in [5, 5.41) is 0. The number of benzene rings is 1. The predicted molar refractivity (Wildman–Crippen MR) is 88.8 cm³/mol. The maximum atomic E-state index is 4.64. The van der Waals surface area contributed by atoms with Gasteiger partial charge in [0.2, 0.25) is 0 Å². The van der Waals surface area contributed by atoms with Gasteiger partial charge in [-0.25, -0.2) is 9.97 Å². The van der Waals surface area contributed by atoms with Gasteiger partial charge in [-0.05, 0) is 50.3 Å². The van der Waals surface area contributed by atoms with Crippen LogP contribution in [0.2, 0.25) is 0 Å². The van der Waals surface area contributed by atoms with Crippen molar-refractivity contribution >= 4 is 0 Å². The summed E-state index contributed by atoms with van der Waals surface area (Å²) in [6, 6.07) is 10.9. The zero-order valence-corrected chi connectivity index (χ0v) is 14.3. The lowest BCUT2D eigenvalue weighted by Gasteiger charge is -2.26. The van der Waals surface area contributed by atoms with E-state index in [-0.39, 0.29) is 10.8 Å².